The molecule has 0 aromatic heterocycles. The third kappa shape index (κ3) is 4.78. The van der Waals surface area contributed by atoms with E-state index in [4.69, 9.17) is 0 Å². The van der Waals surface area contributed by atoms with Crippen molar-refractivity contribution in [2.75, 3.05) is 38.1 Å². The van der Waals surface area contributed by atoms with Crippen LogP contribution in [0.1, 0.15) is 35.7 Å². The Morgan fingerprint density at radius 3 is 2.70 bits per heavy atom. The lowest BCUT2D eigenvalue weighted by molar-refractivity contribution is -0.123. The van der Waals surface area contributed by atoms with Crippen molar-refractivity contribution < 1.29 is 14.4 Å². The number of hydrogen-bond acceptors (Lipinski definition) is 4. The molecular weight excluding hydrogens is 368 g/mol. The fourth-order valence-corrected chi connectivity index (χ4v) is 3.67. The van der Waals surface area contributed by atoms with Gasteiger partial charge in [-0.05, 0) is 50.1 Å². The van der Waals surface area contributed by atoms with Crippen LogP contribution in [0.25, 0.3) is 0 Å². The second-order valence-electron chi connectivity index (χ2n) is 6.93. The van der Waals surface area contributed by atoms with E-state index in [0.29, 0.717) is 18.2 Å². The van der Waals surface area contributed by atoms with E-state index in [1.54, 1.807) is 11.0 Å². The average molecular weight is 395 g/mol. The summed E-state index contributed by atoms with van der Waals surface area (Å²) >= 11 is 0. The largest absolute Gasteiger partial charge is 0.347 e. The topological polar surface area (TPSA) is 81.8 Å². The van der Waals surface area contributed by atoms with Crippen LogP contribution < -0.4 is 15.5 Å². The highest BCUT2D eigenvalue weighted by atomic mass is 35.5. The number of benzene rings is 1. The molecule has 0 radical (unpaired) electrons. The SMILES string of the molecule is CNC1CCCN(C(=O)c2ccc3c(c2)CCN3C(=O)CNC(C)=O)C1.Cl. The predicted molar refractivity (Wildman–Crippen MR) is 106 cm³/mol. The molecule has 3 rings (SSSR count). The molecule has 7 nitrogen and oxygen atoms in total. The highest BCUT2D eigenvalue weighted by Crippen LogP contribution is 2.29. The van der Waals surface area contributed by atoms with E-state index in [1.165, 1.54) is 6.92 Å². The Morgan fingerprint density at radius 2 is 2.00 bits per heavy atom. The molecular formula is C19H27ClN4O3. The van der Waals surface area contributed by atoms with Gasteiger partial charge in [-0.3, -0.25) is 14.4 Å². The molecule has 0 bridgehead atoms. The highest BCUT2D eigenvalue weighted by Gasteiger charge is 2.28. The monoisotopic (exact) mass is 394 g/mol. The molecule has 1 unspecified atom stereocenters. The first-order valence-corrected chi connectivity index (χ1v) is 9.14. The number of nitrogens with one attached hydrogen (secondary N) is 2. The normalized spacial score (nSPS) is 18.5. The Bertz CT molecular complexity index is 725. The molecule has 0 aliphatic carbocycles. The predicted octanol–water partition coefficient (Wildman–Crippen LogP) is 0.958. The summed E-state index contributed by atoms with van der Waals surface area (Å²) in [6, 6.07) is 5.91. The number of carbonyl (C=O) groups is 3. The van der Waals surface area contributed by atoms with Gasteiger partial charge in [-0.1, -0.05) is 0 Å². The number of carbonyl (C=O) groups excluding carboxylic acids is 3. The maximum Gasteiger partial charge on any atom is 0.253 e. The summed E-state index contributed by atoms with van der Waals surface area (Å²) in [6.45, 7) is 3.48. The molecule has 2 N–H and O–H groups in total. The summed E-state index contributed by atoms with van der Waals surface area (Å²) in [5.41, 5.74) is 2.52. The lowest BCUT2D eigenvalue weighted by Crippen LogP contribution is -2.46. The number of piperidine rings is 1. The number of hydrogen-bond donors (Lipinski definition) is 2. The molecule has 1 fully saturated rings. The van der Waals surface area contributed by atoms with Gasteiger partial charge in [0, 0.05) is 43.9 Å². The van der Waals surface area contributed by atoms with Crippen molar-refractivity contribution in [3.8, 4) is 0 Å². The van der Waals surface area contributed by atoms with Crippen molar-refractivity contribution in [3.05, 3.63) is 29.3 Å². The fraction of sp³-hybridized carbons (Fsp3) is 0.526. The minimum absolute atomic E-state index is 0. The van der Waals surface area contributed by atoms with Gasteiger partial charge in [0.2, 0.25) is 11.8 Å². The number of likely N-dealkylation sites (N-methyl/N-ethyl adjacent to an activating group) is 1. The molecule has 2 aliphatic heterocycles. The van der Waals surface area contributed by atoms with Crippen molar-refractivity contribution in [2.45, 2.75) is 32.2 Å². The van der Waals surface area contributed by atoms with Gasteiger partial charge in [0.05, 0.1) is 6.54 Å². The van der Waals surface area contributed by atoms with Crippen LogP contribution in [-0.4, -0.2) is 61.9 Å². The minimum atomic E-state index is -0.222. The summed E-state index contributed by atoms with van der Waals surface area (Å²) < 4.78 is 0. The summed E-state index contributed by atoms with van der Waals surface area (Å²) in [6.07, 6.45) is 2.82. The van der Waals surface area contributed by atoms with E-state index < -0.39 is 0 Å². The van der Waals surface area contributed by atoms with Crippen LogP contribution in [0.3, 0.4) is 0 Å². The molecule has 27 heavy (non-hydrogen) atoms. The van der Waals surface area contributed by atoms with Gasteiger partial charge in [-0.25, -0.2) is 0 Å². The van der Waals surface area contributed by atoms with Crippen LogP contribution >= 0.6 is 12.4 Å². The summed E-state index contributed by atoms with van der Waals surface area (Å²) in [5, 5.41) is 5.79. The van der Waals surface area contributed by atoms with Gasteiger partial charge in [-0.2, -0.15) is 0 Å². The quantitative estimate of drug-likeness (QED) is 0.796. The van der Waals surface area contributed by atoms with Crippen molar-refractivity contribution in [1.82, 2.24) is 15.5 Å². The maximum atomic E-state index is 12.8. The number of fused-ring (bicyclic) bond motifs is 1. The third-order valence-electron chi connectivity index (χ3n) is 5.13. The number of nitrogens with zero attached hydrogens (tertiary/aromatic N) is 2. The minimum Gasteiger partial charge on any atom is -0.347 e. The van der Waals surface area contributed by atoms with Crippen LogP contribution in [-0.2, 0) is 16.0 Å². The Morgan fingerprint density at radius 1 is 1.22 bits per heavy atom. The van der Waals surface area contributed by atoms with Gasteiger partial charge in [0.15, 0.2) is 0 Å². The number of amides is 3. The van der Waals surface area contributed by atoms with Crippen LogP contribution in [0.15, 0.2) is 18.2 Å². The Hall–Kier alpha value is -2.12. The van der Waals surface area contributed by atoms with Gasteiger partial charge in [0.1, 0.15) is 0 Å². The molecule has 1 saturated heterocycles. The molecule has 2 heterocycles. The van der Waals surface area contributed by atoms with E-state index in [9.17, 15) is 14.4 Å². The number of anilines is 1. The van der Waals surface area contributed by atoms with Crippen LogP contribution in [0.4, 0.5) is 5.69 Å². The molecule has 148 valence electrons. The van der Waals surface area contributed by atoms with Crippen molar-refractivity contribution in [1.29, 1.82) is 0 Å². The van der Waals surface area contributed by atoms with Gasteiger partial charge >= 0.3 is 0 Å². The molecule has 0 spiro atoms. The van der Waals surface area contributed by atoms with E-state index in [0.717, 1.165) is 43.6 Å². The van der Waals surface area contributed by atoms with Crippen molar-refractivity contribution >= 4 is 35.8 Å². The van der Waals surface area contributed by atoms with Gasteiger partial charge in [-0.15, -0.1) is 12.4 Å². The lowest BCUT2D eigenvalue weighted by atomic mass is 10.0. The summed E-state index contributed by atoms with van der Waals surface area (Å²) in [4.78, 5) is 39.7. The van der Waals surface area contributed by atoms with E-state index in [2.05, 4.69) is 10.6 Å². The second kappa shape index (κ2) is 9.19. The van der Waals surface area contributed by atoms with Crippen molar-refractivity contribution in [3.63, 3.8) is 0 Å². The highest BCUT2D eigenvalue weighted by molar-refractivity contribution is 6.00. The maximum absolute atomic E-state index is 12.8. The number of likely N-dealkylation sites (tertiary alicyclic amines) is 1. The van der Waals surface area contributed by atoms with Crippen LogP contribution in [0.5, 0.6) is 0 Å². The molecule has 0 saturated carbocycles. The Labute approximate surface area is 165 Å². The van der Waals surface area contributed by atoms with Crippen molar-refractivity contribution in [2.24, 2.45) is 0 Å². The molecule has 8 heteroatoms. The first-order valence-electron chi connectivity index (χ1n) is 9.14. The molecule has 1 aromatic rings. The third-order valence-corrected chi connectivity index (χ3v) is 5.13. The number of halogens is 1. The van der Waals surface area contributed by atoms with E-state index >= 15 is 0 Å². The molecule has 3 amide bonds. The zero-order valence-electron chi connectivity index (χ0n) is 15.8. The Kier molecular flexibility index (Phi) is 7.21. The van der Waals surface area contributed by atoms with Crippen LogP contribution in [0, 0.1) is 0 Å². The van der Waals surface area contributed by atoms with Gasteiger partial charge in [0.25, 0.3) is 5.91 Å². The first kappa shape index (κ1) is 21.2. The first-order chi connectivity index (χ1) is 12.5. The molecule has 1 aromatic carbocycles. The fourth-order valence-electron chi connectivity index (χ4n) is 3.67. The molecule has 1 atom stereocenters. The lowest BCUT2D eigenvalue weighted by Gasteiger charge is -2.32. The van der Waals surface area contributed by atoms with Gasteiger partial charge < -0.3 is 20.4 Å². The van der Waals surface area contributed by atoms with E-state index in [-0.39, 0.29) is 36.7 Å². The second-order valence-corrected chi connectivity index (χ2v) is 6.93. The zero-order chi connectivity index (χ0) is 18.7. The zero-order valence-corrected chi connectivity index (χ0v) is 16.6. The number of rotatable bonds is 4. The summed E-state index contributed by atoms with van der Waals surface area (Å²) in [7, 11) is 1.93. The Balaban J connectivity index is 0.00000261. The summed E-state index contributed by atoms with van der Waals surface area (Å²) in [5.74, 6) is -0.304. The standard InChI is InChI=1S/C19H26N4O3.ClH/c1-13(24)21-11-18(25)23-9-7-14-10-15(5-6-17(14)23)19(26)22-8-3-4-16(12-22)20-2;/h5-6,10,16,20H,3-4,7-9,11-12H2,1-2H3,(H,21,24);1H. The van der Waals surface area contributed by atoms with Crippen LogP contribution in [0.2, 0.25) is 0 Å². The smallest absolute Gasteiger partial charge is 0.253 e. The molecule has 2 aliphatic rings. The van der Waals surface area contributed by atoms with E-state index in [1.807, 2.05) is 24.1 Å². The average Bonchev–Trinajstić information content (AvgIpc) is 3.08.